The van der Waals surface area contributed by atoms with E-state index in [2.05, 4.69) is 9.72 Å². The summed E-state index contributed by atoms with van der Waals surface area (Å²) in [5.74, 6) is -0.791. The van der Waals surface area contributed by atoms with Crippen LogP contribution in [0, 0.1) is 0 Å². The first-order valence-corrected chi connectivity index (χ1v) is 4.64. The second kappa shape index (κ2) is 5.18. The number of alkyl halides is 2. The van der Waals surface area contributed by atoms with Gasteiger partial charge in [0.1, 0.15) is 0 Å². The Bertz CT molecular complexity index is 413. The summed E-state index contributed by atoms with van der Waals surface area (Å²) >= 11 is 5.64. The van der Waals surface area contributed by atoms with Crippen LogP contribution in [0.3, 0.4) is 0 Å². The van der Waals surface area contributed by atoms with Gasteiger partial charge in [0.15, 0.2) is 5.69 Å². The van der Waals surface area contributed by atoms with E-state index < -0.39 is 12.4 Å². The Morgan fingerprint density at radius 3 is 2.75 bits per heavy atom. The molecule has 1 aromatic rings. The fraction of sp³-hybridized carbons (Fsp3) is 0.333. The normalized spacial score (nSPS) is 10.6. The van der Waals surface area contributed by atoms with Gasteiger partial charge in [-0.1, -0.05) is 11.6 Å². The van der Waals surface area contributed by atoms with Gasteiger partial charge in [0.2, 0.25) is 0 Å². The first-order chi connectivity index (χ1) is 7.51. The molecule has 0 aromatic carbocycles. The van der Waals surface area contributed by atoms with Crippen molar-refractivity contribution in [3.8, 4) is 0 Å². The third-order valence-electron chi connectivity index (χ3n) is 1.90. The van der Waals surface area contributed by atoms with Crippen LogP contribution in [-0.4, -0.2) is 18.1 Å². The predicted molar refractivity (Wildman–Crippen MR) is 53.4 cm³/mol. The highest BCUT2D eigenvalue weighted by Gasteiger charge is 2.20. The molecule has 0 aliphatic carbocycles. The second-order valence-electron chi connectivity index (χ2n) is 2.85. The van der Waals surface area contributed by atoms with Crippen molar-refractivity contribution >= 4 is 17.6 Å². The van der Waals surface area contributed by atoms with Crippen LogP contribution in [0.15, 0.2) is 6.07 Å². The van der Waals surface area contributed by atoms with Gasteiger partial charge >= 0.3 is 5.97 Å². The van der Waals surface area contributed by atoms with Gasteiger partial charge in [0.05, 0.1) is 17.8 Å². The first-order valence-electron chi connectivity index (χ1n) is 4.27. The van der Waals surface area contributed by atoms with Gasteiger partial charge in [-0.25, -0.2) is 18.6 Å². The monoisotopic (exact) mass is 250 g/mol. The van der Waals surface area contributed by atoms with Gasteiger partial charge in [-0.3, -0.25) is 0 Å². The Morgan fingerprint density at radius 2 is 2.31 bits per heavy atom. The summed E-state index contributed by atoms with van der Waals surface area (Å²) in [4.78, 5) is 14.9. The number of carbonyl (C=O) groups is 1. The van der Waals surface area contributed by atoms with E-state index in [9.17, 15) is 13.6 Å². The molecule has 4 nitrogen and oxygen atoms in total. The Hall–Kier alpha value is -1.27. The molecule has 0 bridgehead atoms. The summed E-state index contributed by atoms with van der Waals surface area (Å²) < 4.78 is 29.5. The molecule has 0 amide bonds. The smallest absolute Gasteiger partial charge is 0.358 e. The summed E-state index contributed by atoms with van der Waals surface area (Å²) in [6.45, 7) is -0.208. The molecule has 2 N–H and O–H groups in total. The van der Waals surface area contributed by atoms with Crippen molar-refractivity contribution < 1.29 is 18.3 Å². The largest absolute Gasteiger partial charge is 0.464 e. The number of halogens is 3. The van der Waals surface area contributed by atoms with Crippen molar-refractivity contribution in [2.75, 3.05) is 7.11 Å². The number of ether oxygens (including phenoxy) is 1. The quantitative estimate of drug-likeness (QED) is 0.833. The molecule has 0 atom stereocenters. The molecule has 0 aliphatic rings. The molecule has 1 rings (SSSR count). The van der Waals surface area contributed by atoms with Crippen LogP contribution in [0.25, 0.3) is 0 Å². The van der Waals surface area contributed by atoms with Crippen molar-refractivity contribution in [1.29, 1.82) is 0 Å². The van der Waals surface area contributed by atoms with E-state index in [0.717, 1.165) is 13.2 Å². The van der Waals surface area contributed by atoms with E-state index >= 15 is 0 Å². The summed E-state index contributed by atoms with van der Waals surface area (Å²) in [6.07, 6.45) is -2.74. The molecule has 0 radical (unpaired) electrons. The highest BCUT2D eigenvalue weighted by molar-refractivity contribution is 6.33. The lowest BCUT2D eigenvalue weighted by atomic mass is 10.1. The molecular weight excluding hydrogens is 242 g/mol. The van der Waals surface area contributed by atoms with Gasteiger partial charge in [-0.05, 0) is 6.07 Å². The summed E-state index contributed by atoms with van der Waals surface area (Å²) in [7, 11) is 1.14. The Kier molecular flexibility index (Phi) is 4.14. The van der Waals surface area contributed by atoms with E-state index in [4.69, 9.17) is 17.3 Å². The van der Waals surface area contributed by atoms with Gasteiger partial charge in [-0.15, -0.1) is 0 Å². The minimum absolute atomic E-state index is 0.0696. The molecule has 7 heteroatoms. The Balaban J connectivity index is 3.31. The lowest BCUT2D eigenvalue weighted by Gasteiger charge is -2.09. The number of hydrogen-bond acceptors (Lipinski definition) is 4. The van der Waals surface area contributed by atoms with Crippen LogP contribution < -0.4 is 5.73 Å². The fourth-order valence-corrected chi connectivity index (χ4v) is 1.37. The molecule has 0 aliphatic heterocycles. The van der Waals surface area contributed by atoms with Gasteiger partial charge < -0.3 is 10.5 Å². The van der Waals surface area contributed by atoms with Crippen molar-refractivity contribution in [1.82, 2.24) is 4.98 Å². The summed E-state index contributed by atoms with van der Waals surface area (Å²) in [5.41, 5.74) is 4.60. The van der Waals surface area contributed by atoms with E-state index in [1.54, 1.807) is 0 Å². The maximum atomic E-state index is 12.5. The number of hydrogen-bond donors (Lipinski definition) is 1. The Labute approximate surface area is 95.4 Å². The predicted octanol–water partition coefficient (Wildman–Crippen LogP) is 1.92. The second-order valence-corrected chi connectivity index (χ2v) is 3.26. The van der Waals surface area contributed by atoms with E-state index in [0.29, 0.717) is 0 Å². The third kappa shape index (κ3) is 2.45. The van der Waals surface area contributed by atoms with Crippen LogP contribution in [-0.2, 0) is 11.3 Å². The molecule has 0 saturated heterocycles. The average molecular weight is 251 g/mol. The van der Waals surface area contributed by atoms with Crippen LogP contribution >= 0.6 is 11.6 Å². The topological polar surface area (TPSA) is 65.2 Å². The highest BCUT2D eigenvalue weighted by Crippen LogP contribution is 2.26. The average Bonchev–Trinajstić information content (AvgIpc) is 2.27. The Morgan fingerprint density at radius 1 is 1.69 bits per heavy atom. The van der Waals surface area contributed by atoms with E-state index in [1.807, 2.05) is 0 Å². The molecule has 0 spiro atoms. The van der Waals surface area contributed by atoms with E-state index in [1.165, 1.54) is 0 Å². The van der Waals surface area contributed by atoms with Crippen LogP contribution in [0.1, 0.15) is 28.2 Å². The molecular formula is C9H9ClF2N2O2. The number of nitrogens with two attached hydrogens (primary N) is 1. The zero-order valence-corrected chi connectivity index (χ0v) is 9.09. The minimum atomic E-state index is -2.74. The minimum Gasteiger partial charge on any atom is -0.464 e. The summed E-state index contributed by atoms with van der Waals surface area (Å²) in [6, 6.07) is 0.980. The SMILES string of the molecule is COC(=O)c1nc(CN)c(C(F)F)cc1Cl. The molecule has 0 unspecified atom stereocenters. The molecule has 0 saturated carbocycles. The maximum absolute atomic E-state index is 12.5. The molecule has 1 aromatic heterocycles. The molecule has 1 heterocycles. The number of carbonyl (C=O) groups excluding carboxylic acids is 1. The standard InChI is InChI=1S/C9H9ClF2N2O2/c1-16-9(15)7-5(10)2-4(8(11)12)6(3-13)14-7/h2,8H,3,13H2,1H3. The number of aromatic nitrogens is 1. The number of pyridine rings is 1. The van der Waals surface area contributed by atoms with Crippen LogP contribution in [0.2, 0.25) is 5.02 Å². The number of esters is 1. The molecule has 16 heavy (non-hydrogen) atoms. The number of rotatable bonds is 3. The van der Waals surface area contributed by atoms with Crippen molar-refractivity contribution in [3.05, 3.63) is 28.0 Å². The van der Waals surface area contributed by atoms with Crippen molar-refractivity contribution in [2.24, 2.45) is 5.73 Å². The molecule has 88 valence electrons. The van der Waals surface area contributed by atoms with E-state index in [-0.39, 0.29) is 28.5 Å². The first kappa shape index (κ1) is 12.8. The van der Waals surface area contributed by atoms with Crippen molar-refractivity contribution in [3.63, 3.8) is 0 Å². The lowest BCUT2D eigenvalue weighted by molar-refractivity contribution is 0.0593. The maximum Gasteiger partial charge on any atom is 0.358 e. The van der Waals surface area contributed by atoms with Gasteiger partial charge in [0, 0.05) is 12.1 Å². The van der Waals surface area contributed by atoms with Crippen molar-refractivity contribution in [2.45, 2.75) is 13.0 Å². The van der Waals surface area contributed by atoms with Crippen LogP contribution in [0.5, 0.6) is 0 Å². The number of nitrogens with zero attached hydrogens (tertiary/aromatic N) is 1. The fourth-order valence-electron chi connectivity index (χ4n) is 1.13. The highest BCUT2D eigenvalue weighted by atomic mass is 35.5. The van der Waals surface area contributed by atoms with Crippen LogP contribution in [0.4, 0.5) is 8.78 Å². The number of methoxy groups -OCH3 is 1. The summed E-state index contributed by atoms with van der Waals surface area (Å²) in [5, 5.41) is -0.181. The lowest BCUT2D eigenvalue weighted by Crippen LogP contribution is -2.12. The van der Waals surface area contributed by atoms with Gasteiger partial charge in [-0.2, -0.15) is 0 Å². The molecule has 0 fully saturated rings. The third-order valence-corrected chi connectivity index (χ3v) is 2.18. The zero-order valence-electron chi connectivity index (χ0n) is 8.34. The zero-order chi connectivity index (χ0) is 12.3. The van der Waals surface area contributed by atoms with Gasteiger partial charge in [0.25, 0.3) is 6.43 Å².